The third kappa shape index (κ3) is 6.80. The number of carbonyl (C=O) groups excluding carboxylic acids is 2. The van der Waals surface area contributed by atoms with Gasteiger partial charge in [0.1, 0.15) is 5.75 Å². The lowest BCUT2D eigenvalue weighted by Crippen LogP contribution is -2.34. The number of ether oxygens (including phenoxy) is 1. The number of thiocarbonyl (C=S) groups is 1. The van der Waals surface area contributed by atoms with E-state index in [-0.39, 0.29) is 23.0 Å². The molecule has 0 heterocycles. The number of nitrogens with one attached hydrogen (secondary N) is 3. The van der Waals surface area contributed by atoms with Gasteiger partial charge < -0.3 is 15.4 Å². The molecule has 0 spiro atoms. The maximum absolute atomic E-state index is 12.5. The first-order chi connectivity index (χ1) is 15.3. The zero-order valence-corrected chi connectivity index (χ0v) is 19.1. The van der Waals surface area contributed by atoms with E-state index in [2.05, 4.69) is 16.0 Å². The Balaban J connectivity index is 1.62. The van der Waals surface area contributed by atoms with Crippen molar-refractivity contribution < 1.29 is 14.3 Å². The fraction of sp³-hybridized carbons (Fsp3) is 0.125. The smallest absolute Gasteiger partial charge is 0.257 e. The van der Waals surface area contributed by atoms with Crippen LogP contribution >= 0.6 is 23.8 Å². The van der Waals surface area contributed by atoms with Gasteiger partial charge in [0.25, 0.3) is 11.8 Å². The summed E-state index contributed by atoms with van der Waals surface area (Å²) in [5.74, 6) is -0.0654. The number of carbonyl (C=O) groups is 2. The molecule has 0 atom stereocenters. The van der Waals surface area contributed by atoms with Crippen molar-refractivity contribution in [3.8, 4) is 5.75 Å². The highest BCUT2D eigenvalue weighted by Crippen LogP contribution is 2.18. The molecule has 2 amide bonds. The van der Waals surface area contributed by atoms with Crippen LogP contribution in [0.25, 0.3) is 0 Å². The van der Waals surface area contributed by atoms with Crippen LogP contribution < -0.4 is 20.7 Å². The van der Waals surface area contributed by atoms with E-state index in [9.17, 15) is 9.59 Å². The summed E-state index contributed by atoms with van der Waals surface area (Å²) in [6.45, 7) is 3.82. The van der Waals surface area contributed by atoms with Crippen molar-refractivity contribution in [1.82, 2.24) is 5.32 Å². The van der Waals surface area contributed by atoms with Crippen molar-refractivity contribution in [1.29, 1.82) is 0 Å². The van der Waals surface area contributed by atoms with Gasteiger partial charge in [-0.2, -0.15) is 0 Å². The standard InChI is InChI=1S/C24H22ClN3O3S/c1-15(2)31-21-11-4-7-17(13-21)23(30)28-24(32)27-19-9-3-6-16(12-19)22(29)26-20-10-5-8-18(25)14-20/h3-15H,1-2H3,(H,26,29)(H2,27,28,30,32). The number of hydrogen-bond acceptors (Lipinski definition) is 4. The second kappa shape index (κ2) is 10.7. The Morgan fingerprint density at radius 2 is 1.47 bits per heavy atom. The molecule has 6 nitrogen and oxygen atoms in total. The number of hydrogen-bond donors (Lipinski definition) is 3. The van der Waals surface area contributed by atoms with E-state index >= 15 is 0 Å². The molecule has 0 bridgehead atoms. The molecule has 0 radical (unpaired) electrons. The Labute approximate surface area is 196 Å². The average molecular weight is 468 g/mol. The highest BCUT2D eigenvalue weighted by atomic mass is 35.5. The SMILES string of the molecule is CC(C)Oc1cccc(C(=O)NC(=S)Nc2cccc(C(=O)Nc3cccc(Cl)c3)c2)c1. The lowest BCUT2D eigenvalue weighted by molar-refractivity contribution is 0.0975. The van der Waals surface area contributed by atoms with Gasteiger partial charge in [-0.25, -0.2) is 0 Å². The first-order valence-electron chi connectivity index (χ1n) is 9.86. The topological polar surface area (TPSA) is 79.5 Å². The minimum Gasteiger partial charge on any atom is -0.491 e. The predicted molar refractivity (Wildman–Crippen MR) is 132 cm³/mol. The van der Waals surface area contributed by atoms with Crippen LogP contribution in [0.5, 0.6) is 5.75 Å². The van der Waals surface area contributed by atoms with E-state index in [0.717, 1.165) is 0 Å². The number of anilines is 2. The minimum atomic E-state index is -0.369. The van der Waals surface area contributed by atoms with Crippen molar-refractivity contribution in [2.75, 3.05) is 10.6 Å². The van der Waals surface area contributed by atoms with Gasteiger partial charge in [-0.15, -0.1) is 0 Å². The van der Waals surface area contributed by atoms with Crippen LogP contribution in [0.1, 0.15) is 34.6 Å². The van der Waals surface area contributed by atoms with Crippen molar-refractivity contribution >= 4 is 52.1 Å². The molecule has 3 rings (SSSR count). The van der Waals surface area contributed by atoms with Gasteiger partial charge in [0, 0.05) is 27.5 Å². The van der Waals surface area contributed by atoms with Crippen LogP contribution in [0.4, 0.5) is 11.4 Å². The summed E-state index contributed by atoms with van der Waals surface area (Å²) in [4.78, 5) is 25.1. The first kappa shape index (κ1) is 23.2. The fourth-order valence-corrected chi connectivity index (χ4v) is 3.23. The summed E-state index contributed by atoms with van der Waals surface area (Å²) in [5.41, 5.74) is 1.99. The van der Waals surface area contributed by atoms with Crippen LogP contribution in [0, 0.1) is 0 Å². The Morgan fingerprint density at radius 3 is 2.16 bits per heavy atom. The summed E-state index contributed by atoms with van der Waals surface area (Å²) in [5, 5.41) is 8.98. The van der Waals surface area contributed by atoms with Crippen LogP contribution in [0.2, 0.25) is 5.02 Å². The number of amides is 2. The Kier molecular flexibility index (Phi) is 7.81. The maximum Gasteiger partial charge on any atom is 0.257 e. The second-order valence-corrected chi connectivity index (χ2v) is 7.99. The fourth-order valence-electron chi connectivity index (χ4n) is 2.83. The van der Waals surface area contributed by atoms with Crippen LogP contribution in [-0.2, 0) is 0 Å². The van der Waals surface area contributed by atoms with Gasteiger partial charge in [0.2, 0.25) is 0 Å². The monoisotopic (exact) mass is 467 g/mol. The molecule has 0 fully saturated rings. The second-order valence-electron chi connectivity index (χ2n) is 7.15. The van der Waals surface area contributed by atoms with E-state index in [4.69, 9.17) is 28.6 Å². The first-order valence-corrected chi connectivity index (χ1v) is 10.6. The van der Waals surface area contributed by atoms with Crippen molar-refractivity contribution in [3.05, 3.63) is 88.9 Å². The highest BCUT2D eigenvalue weighted by Gasteiger charge is 2.11. The Hall–Kier alpha value is -3.42. The van der Waals surface area contributed by atoms with E-state index < -0.39 is 0 Å². The van der Waals surface area contributed by atoms with Gasteiger partial charge in [-0.3, -0.25) is 14.9 Å². The van der Waals surface area contributed by atoms with Crippen molar-refractivity contribution in [2.45, 2.75) is 20.0 Å². The Morgan fingerprint density at radius 1 is 0.844 bits per heavy atom. The molecule has 0 aliphatic carbocycles. The molecule has 3 aromatic rings. The molecule has 3 N–H and O–H groups in total. The van der Waals surface area contributed by atoms with Crippen LogP contribution in [0.3, 0.4) is 0 Å². The van der Waals surface area contributed by atoms with E-state index in [1.165, 1.54) is 0 Å². The molecular formula is C24H22ClN3O3S. The Bertz CT molecular complexity index is 1150. The summed E-state index contributed by atoms with van der Waals surface area (Å²) in [7, 11) is 0. The lowest BCUT2D eigenvalue weighted by Gasteiger charge is -2.13. The summed E-state index contributed by atoms with van der Waals surface area (Å²) >= 11 is 11.2. The zero-order chi connectivity index (χ0) is 23.1. The zero-order valence-electron chi connectivity index (χ0n) is 17.5. The summed E-state index contributed by atoms with van der Waals surface area (Å²) in [6.07, 6.45) is -0.000548. The van der Waals surface area contributed by atoms with Gasteiger partial charge in [0.05, 0.1) is 6.10 Å². The van der Waals surface area contributed by atoms with Gasteiger partial charge >= 0.3 is 0 Å². The highest BCUT2D eigenvalue weighted by molar-refractivity contribution is 7.80. The normalized spacial score (nSPS) is 10.4. The quantitative estimate of drug-likeness (QED) is 0.417. The largest absolute Gasteiger partial charge is 0.491 e. The number of halogens is 1. The lowest BCUT2D eigenvalue weighted by atomic mass is 10.2. The van der Waals surface area contributed by atoms with E-state index in [1.54, 1.807) is 72.8 Å². The predicted octanol–water partition coefficient (Wildman–Crippen LogP) is 5.51. The molecule has 32 heavy (non-hydrogen) atoms. The number of rotatable bonds is 6. The third-order valence-corrected chi connectivity index (χ3v) is 4.60. The molecule has 0 saturated carbocycles. The molecule has 0 aliphatic heterocycles. The summed E-state index contributed by atoms with van der Waals surface area (Å²) in [6, 6.07) is 20.5. The molecule has 8 heteroatoms. The van der Waals surface area contributed by atoms with Crippen LogP contribution in [0.15, 0.2) is 72.8 Å². The van der Waals surface area contributed by atoms with Gasteiger partial charge in [0.15, 0.2) is 5.11 Å². The molecule has 0 aliphatic rings. The van der Waals surface area contributed by atoms with Gasteiger partial charge in [-0.1, -0.05) is 29.8 Å². The van der Waals surface area contributed by atoms with Crippen molar-refractivity contribution in [3.63, 3.8) is 0 Å². The maximum atomic E-state index is 12.5. The molecule has 3 aromatic carbocycles. The van der Waals surface area contributed by atoms with Crippen LogP contribution in [-0.4, -0.2) is 23.0 Å². The van der Waals surface area contributed by atoms with Gasteiger partial charge in [-0.05, 0) is 80.7 Å². The third-order valence-electron chi connectivity index (χ3n) is 4.16. The molecule has 0 saturated heterocycles. The van der Waals surface area contributed by atoms with E-state index in [0.29, 0.717) is 33.3 Å². The molecule has 164 valence electrons. The molecule has 0 unspecified atom stereocenters. The minimum absolute atomic E-state index is 0.000548. The molecular weight excluding hydrogens is 446 g/mol. The van der Waals surface area contributed by atoms with Crippen molar-refractivity contribution in [2.24, 2.45) is 0 Å². The number of benzene rings is 3. The average Bonchev–Trinajstić information content (AvgIpc) is 2.73. The summed E-state index contributed by atoms with van der Waals surface area (Å²) < 4.78 is 5.62. The van der Waals surface area contributed by atoms with E-state index in [1.807, 2.05) is 13.8 Å². The molecule has 0 aromatic heterocycles.